The summed E-state index contributed by atoms with van der Waals surface area (Å²) in [6.07, 6.45) is 0. The van der Waals surface area contributed by atoms with E-state index in [4.69, 9.17) is 27.9 Å². The number of hydrogen-bond donors (Lipinski definition) is 1. The van der Waals surface area contributed by atoms with Gasteiger partial charge in [0.15, 0.2) is 5.54 Å². The van der Waals surface area contributed by atoms with E-state index in [2.05, 4.69) is 11.1 Å². The number of amides is 2. The zero-order valence-electron chi connectivity index (χ0n) is 20.4. The van der Waals surface area contributed by atoms with E-state index in [-0.39, 0.29) is 30.8 Å². The maximum Gasteiger partial charge on any atom is 0.255 e. The number of rotatable bonds is 4. The lowest BCUT2D eigenvalue weighted by atomic mass is 9.76. The first-order chi connectivity index (χ1) is 17.8. The molecule has 0 spiro atoms. The minimum atomic E-state index is -1.18. The van der Waals surface area contributed by atoms with Crippen molar-refractivity contribution < 1.29 is 14.3 Å². The van der Waals surface area contributed by atoms with Gasteiger partial charge in [0.1, 0.15) is 12.3 Å². The van der Waals surface area contributed by atoms with Gasteiger partial charge in [-0.05, 0) is 42.3 Å². The summed E-state index contributed by atoms with van der Waals surface area (Å²) in [5.74, 6) is 0.355. The summed E-state index contributed by atoms with van der Waals surface area (Å²) < 4.78 is 5.70. The van der Waals surface area contributed by atoms with Crippen molar-refractivity contribution in [2.24, 2.45) is 0 Å². The lowest BCUT2D eigenvalue weighted by Gasteiger charge is -2.51. The molecule has 8 heteroatoms. The van der Waals surface area contributed by atoms with Crippen LogP contribution in [0.5, 0.6) is 5.75 Å². The standard InChI is InChI=1S/C29H25Cl2N3O3/c1-29-27-26(19-8-3-5-9-23(19)32-27)20(18-7-4-6-10-24(18)37-2)15-34(29)25(35)16-33(28(29)36)14-17-11-12-21(30)22(31)13-17/h3-13,20,32H,14-16H2,1-2H3/t20-,29+/m1/s1. The van der Waals surface area contributed by atoms with Crippen molar-refractivity contribution in [3.8, 4) is 5.75 Å². The molecule has 1 fully saturated rings. The van der Waals surface area contributed by atoms with Gasteiger partial charge >= 0.3 is 0 Å². The highest BCUT2D eigenvalue weighted by Gasteiger charge is 2.56. The minimum Gasteiger partial charge on any atom is -0.496 e. The number of halogens is 2. The number of carbonyl (C=O) groups excluding carboxylic acids is 2. The summed E-state index contributed by atoms with van der Waals surface area (Å²) in [6, 6.07) is 21.2. The molecule has 2 amide bonds. The lowest BCUT2D eigenvalue weighted by molar-refractivity contribution is -0.166. The van der Waals surface area contributed by atoms with Crippen LogP contribution in [0.1, 0.15) is 35.2 Å². The van der Waals surface area contributed by atoms with Gasteiger partial charge in [0.25, 0.3) is 5.91 Å². The lowest BCUT2D eigenvalue weighted by Crippen LogP contribution is -2.67. The molecule has 6 rings (SSSR count). The molecular formula is C29H25Cl2N3O3. The molecule has 0 radical (unpaired) electrons. The van der Waals surface area contributed by atoms with Crippen molar-refractivity contribution in [1.29, 1.82) is 0 Å². The number of H-pyrrole nitrogens is 1. The largest absolute Gasteiger partial charge is 0.496 e. The van der Waals surface area contributed by atoms with Gasteiger partial charge in [-0.2, -0.15) is 0 Å². The molecule has 0 aliphatic carbocycles. The number of nitrogens with one attached hydrogen (secondary N) is 1. The van der Waals surface area contributed by atoms with Crippen molar-refractivity contribution in [2.45, 2.75) is 24.9 Å². The molecule has 4 aromatic rings. The Hall–Kier alpha value is -3.48. The van der Waals surface area contributed by atoms with Crippen LogP contribution in [0.2, 0.25) is 10.0 Å². The third-order valence-corrected chi connectivity index (χ3v) is 8.43. The SMILES string of the molecule is COc1ccccc1[C@H]1CN2C(=O)CN(Cc3ccc(Cl)c(Cl)c3)C(=O)[C@]2(C)c2[nH]c3ccccc3c21. The van der Waals surface area contributed by atoms with Gasteiger partial charge in [-0.15, -0.1) is 0 Å². The maximum atomic E-state index is 14.2. The van der Waals surface area contributed by atoms with Crippen molar-refractivity contribution in [1.82, 2.24) is 14.8 Å². The third-order valence-electron chi connectivity index (χ3n) is 7.69. The van der Waals surface area contributed by atoms with E-state index in [9.17, 15) is 9.59 Å². The first-order valence-electron chi connectivity index (χ1n) is 12.1. The summed E-state index contributed by atoms with van der Waals surface area (Å²) in [4.78, 5) is 34.8. The van der Waals surface area contributed by atoms with Gasteiger partial charge in [-0.25, -0.2) is 0 Å². The number of fused-ring (bicyclic) bond motifs is 5. The van der Waals surface area contributed by atoms with E-state index < -0.39 is 5.54 Å². The highest BCUT2D eigenvalue weighted by Crippen LogP contribution is 2.49. The van der Waals surface area contributed by atoms with Gasteiger partial charge in [0.2, 0.25) is 5.91 Å². The second kappa shape index (κ2) is 8.82. The molecular weight excluding hydrogens is 509 g/mol. The molecule has 0 bridgehead atoms. The van der Waals surface area contributed by atoms with Crippen LogP contribution in [0.4, 0.5) is 0 Å². The summed E-state index contributed by atoms with van der Waals surface area (Å²) in [5.41, 5.74) is 3.31. The van der Waals surface area contributed by atoms with Crippen LogP contribution in [0, 0.1) is 0 Å². The zero-order valence-corrected chi connectivity index (χ0v) is 21.9. The Labute approximate surface area is 224 Å². The Kier molecular flexibility index (Phi) is 5.70. The van der Waals surface area contributed by atoms with Gasteiger partial charge < -0.3 is 19.5 Å². The molecule has 1 N–H and O–H groups in total. The summed E-state index contributed by atoms with van der Waals surface area (Å²) in [7, 11) is 1.65. The van der Waals surface area contributed by atoms with Crippen molar-refractivity contribution in [2.75, 3.05) is 20.2 Å². The molecule has 0 saturated carbocycles. The van der Waals surface area contributed by atoms with Crippen LogP contribution in [-0.4, -0.2) is 46.8 Å². The quantitative estimate of drug-likeness (QED) is 0.365. The monoisotopic (exact) mass is 533 g/mol. The number of methoxy groups -OCH3 is 1. The predicted molar refractivity (Wildman–Crippen MR) is 144 cm³/mol. The number of para-hydroxylation sites is 2. The molecule has 1 saturated heterocycles. The number of nitrogens with zero attached hydrogens (tertiary/aromatic N) is 2. The van der Waals surface area contributed by atoms with Gasteiger partial charge in [0, 0.05) is 35.5 Å². The van der Waals surface area contributed by atoms with Crippen LogP contribution in [-0.2, 0) is 21.7 Å². The fraction of sp³-hybridized carbons (Fsp3) is 0.241. The highest BCUT2D eigenvalue weighted by atomic mass is 35.5. The molecule has 0 unspecified atom stereocenters. The molecule has 3 aromatic carbocycles. The van der Waals surface area contributed by atoms with Crippen molar-refractivity contribution in [3.05, 3.63) is 99.2 Å². The average Bonchev–Trinajstić information content (AvgIpc) is 3.30. The summed E-state index contributed by atoms with van der Waals surface area (Å²) >= 11 is 12.3. The Bertz CT molecular complexity index is 1570. The second-order valence-electron chi connectivity index (χ2n) is 9.74. The number of piperazine rings is 1. The number of ether oxygens (including phenoxy) is 1. The Morgan fingerprint density at radius 1 is 1.03 bits per heavy atom. The van der Waals surface area contributed by atoms with E-state index in [0.29, 0.717) is 16.6 Å². The number of carbonyl (C=O) groups is 2. The normalized spacial score (nSPS) is 21.2. The topological polar surface area (TPSA) is 65.6 Å². The predicted octanol–water partition coefficient (Wildman–Crippen LogP) is 5.72. The van der Waals surface area contributed by atoms with Crippen LogP contribution in [0.3, 0.4) is 0 Å². The second-order valence-corrected chi connectivity index (χ2v) is 10.6. The Morgan fingerprint density at radius 3 is 2.57 bits per heavy atom. The highest BCUT2D eigenvalue weighted by molar-refractivity contribution is 6.42. The third kappa shape index (κ3) is 3.62. The molecule has 2 atom stereocenters. The number of benzene rings is 3. The molecule has 6 nitrogen and oxygen atoms in total. The van der Waals surface area contributed by atoms with E-state index >= 15 is 0 Å². The number of hydrogen-bond acceptors (Lipinski definition) is 3. The molecule has 2 aliphatic rings. The smallest absolute Gasteiger partial charge is 0.255 e. The van der Waals surface area contributed by atoms with Crippen LogP contribution < -0.4 is 4.74 Å². The summed E-state index contributed by atoms with van der Waals surface area (Å²) in [5, 5.41) is 1.90. The minimum absolute atomic E-state index is 0.0110. The van der Waals surface area contributed by atoms with E-state index in [1.807, 2.05) is 55.5 Å². The van der Waals surface area contributed by atoms with Gasteiger partial charge in [-0.1, -0.05) is 65.7 Å². The van der Waals surface area contributed by atoms with Gasteiger partial charge in [0.05, 0.1) is 22.8 Å². The Balaban J connectivity index is 1.50. The van der Waals surface area contributed by atoms with Crippen molar-refractivity contribution >= 4 is 45.9 Å². The van der Waals surface area contributed by atoms with E-state index in [1.165, 1.54) is 0 Å². The van der Waals surface area contributed by atoms with E-state index in [1.54, 1.807) is 29.0 Å². The van der Waals surface area contributed by atoms with Gasteiger partial charge in [-0.3, -0.25) is 9.59 Å². The fourth-order valence-electron chi connectivity index (χ4n) is 5.90. The molecule has 37 heavy (non-hydrogen) atoms. The van der Waals surface area contributed by atoms with Crippen LogP contribution >= 0.6 is 23.2 Å². The maximum absolute atomic E-state index is 14.2. The Morgan fingerprint density at radius 2 is 1.78 bits per heavy atom. The average molecular weight is 534 g/mol. The fourth-order valence-corrected chi connectivity index (χ4v) is 6.22. The molecule has 188 valence electrons. The first kappa shape index (κ1) is 23.9. The van der Waals surface area contributed by atoms with Crippen LogP contribution in [0.25, 0.3) is 10.9 Å². The number of aromatic amines is 1. The molecule has 1 aromatic heterocycles. The first-order valence-corrected chi connectivity index (χ1v) is 12.9. The number of aromatic nitrogens is 1. The molecule has 3 heterocycles. The van der Waals surface area contributed by atoms with Crippen molar-refractivity contribution in [3.63, 3.8) is 0 Å². The van der Waals surface area contributed by atoms with Crippen LogP contribution in [0.15, 0.2) is 66.7 Å². The zero-order chi connectivity index (χ0) is 25.9. The molecule has 2 aliphatic heterocycles. The van der Waals surface area contributed by atoms with E-state index in [0.717, 1.165) is 39.0 Å². The summed E-state index contributed by atoms with van der Waals surface area (Å²) in [6.45, 7) is 2.47.